The third-order valence-corrected chi connectivity index (χ3v) is 5.69. The summed E-state index contributed by atoms with van der Waals surface area (Å²) in [5.41, 5.74) is 3.47. The number of amides is 3. The van der Waals surface area contributed by atoms with Crippen LogP contribution in [-0.2, 0) is 9.59 Å². The second kappa shape index (κ2) is 9.29. The Morgan fingerprint density at radius 1 is 1.21 bits per heavy atom. The van der Waals surface area contributed by atoms with E-state index >= 15 is 0 Å². The molecule has 0 spiro atoms. The number of hydrazine groups is 1. The summed E-state index contributed by atoms with van der Waals surface area (Å²) in [6, 6.07) is 5.20. The van der Waals surface area contributed by atoms with Gasteiger partial charge in [-0.05, 0) is 35.5 Å². The lowest BCUT2D eigenvalue weighted by Crippen LogP contribution is -3.12. The third-order valence-electron chi connectivity index (χ3n) is 4.78. The first kappa shape index (κ1) is 21.2. The van der Waals surface area contributed by atoms with Gasteiger partial charge < -0.3 is 14.4 Å². The molecule has 2 heterocycles. The summed E-state index contributed by atoms with van der Waals surface area (Å²) in [5, 5.41) is 1.37. The van der Waals surface area contributed by atoms with E-state index in [1.807, 2.05) is 5.01 Å². The maximum atomic E-state index is 12.6. The van der Waals surface area contributed by atoms with Crippen molar-refractivity contribution in [3.05, 3.63) is 28.7 Å². The van der Waals surface area contributed by atoms with Gasteiger partial charge in [-0.1, -0.05) is 6.07 Å². The zero-order valence-electron chi connectivity index (χ0n) is 16.7. The Hall–Kier alpha value is -2.56. The molecule has 0 unspecified atom stereocenters. The second-order valence-electron chi connectivity index (χ2n) is 6.86. The van der Waals surface area contributed by atoms with Gasteiger partial charge in [-0.15, -0.1) is 0 Å². The number of rotatable bonds is 6. The molecular weight excluding hydrogens is 396 g/mol. The Bertz CT molecular complexity index is 836. The monoisotopic (exact) mass is 421 g/mol. The number of thioether (sulfide) groups is 1. The number of imide groups is 1. The fourth-order valence-electron chi connectivity index (χ4n) is 3.09. The van der Waals surface area contributed by atoms with Gasteiger partial charge in [0.05, 0.1) is 52.4 Å². The summed E-state index contributed by atoms with van der Waals surface area (Å²) >= 11 is 0.818. The average molecular weight is 421 g/mol. The highest BCUT2D eigenvalue weighted by atomic mass is 32.2. The minimum atomic E-state index is -0.479. The number of nitrogens with one attached hydrogen (secondary N) is 2. The first-order chi connectivity index (χ1) is 13.9. The molecule has 2 aliphatic heterocycles. The molecule has 9 nitrogen and oxygen atoms in total. The molecule has 3 amide bonds. The number of carbonyl (C=O) groups is 3. The van der Waals surface area contributed by atoms with Crippen LogP contribution in [0.1, 0.15) is 5.56 Å². The highest BCUT2D eigenvalue weighted by molar-refractivity contribution is 8.18. The molecule has 0 radical (unpaired) electrons. The predicted molar refractivity (Wildman–Crippen MR) is 109 cm³/mol. The maximum Gasteiger partial charge on any atom is 0.294 e. The number of nitrogens with zero attached hydrogens (tertiary/aromatic N) is 2. The van der Waals surface area contributed by atoms with Crippen molar-refractivity contribution in [2.75, 3.05) is 54.0 Å². The van der Waals surface area contributed by atoms with Gasteiger partial charge in [-0.2, -0.15) is 0 Å². The summed E-state index contributed by atoms with van der Waals surface area (Å²) in [5.74, 6) is 0.237. The van der Waals surface area contributed by atoms with Crippen LogP contribution in [0.2, 0.25) is 0 Å². The van der Waals surface area contributed by atoms with Crippen LogP contribution < -0.4 is 19.8 Å². The van der Waals surface area contributed by atoms with Gasteiger partial charge in [0.25, 0.3) is 17.1 Å². The molecule has 1 aromatic carbocycles. The maximum absolute atomic E-state index is 12.6. The topological polar surface area (TPSA) is 92.6 Å². The number of quaternary nitrogens is 1. The number of piperazine rings is 1. The molecule has 10 heteroatoms. The molecule has 2 fully saturated rings. The molecule has 2 N–H and O–H groups in total. The number of hydrogen-bond acceptors (Lipinski definition) is 7. The molecule has 0 atom stereocenters. The molecule has 0 aromatic heterocycles. The lowest BCUT2D eigenvalue weighted by molar-refractivity contribution is -0.884. The van der Waals surface area contributed by atoms with Crippen molar-refractivity contribution in [1.82, 2.24) is 15.3 Å². The van der Waals surface area contributed by atoms with Crippen molar-refractivity contribution in [2.24, 2.45) is 0 Å². The van der Waals surface area contributed by atoms with E-state index in [9.17, 15) is 14.4 Å². The normalized spacial score (nSPS) is 19.7. The molecule has 2 aliphatic rings. The smallest absolute Gasteiger partial charge is 0.294 e. The minimum Gasteiger partial charge on any atom is -0.493 e. The predicted octanol–water partition coefficient (Wildman–Crippen LogP) is -0.398. The first-order valence-corrected chi connectivity index (χ1v) is 10.1. The van der Waals surface area contributed by atoms with E-state index in [0.29, 0.717) is 17.1 Å². The van der Waals surface area contributed by atoms with Crippen molar-refractivity contribution in [1.29, 1.82) is 0 Å². The van der Waals surface area contributed by atoms with Gasteiger partial charge in [-0.3, -0.25) is 24.7 Å². The highest BCUT2D eigenvalue weighted by Crippen LogP contribution is 2.34. The summed E-state index contributed by atoms with van der Waals surface area (Å²) in [7, 11) is 5.16. The molecule has 2 saturated heterocycles. The van der Waals surface area contributed by atoms with Crippen molar-refractivity contribution in [3.63, 3.8) is 0 Å². The largest absolute Gasteiger partial charge is 0.493 e. The Balaban J connectivity index is 1.64. The van der Waals surface area contributed by atoms with Crippen LogP contribution in [0.5, 0.6) is 11.5 Å². The van der Waals surface area contributed by atoms with E-state index < -0.39 is 11.1 Å². The van der Waals surface area contributed by atoms with Crippen LogP contribution in [-0.4, -0.2) is 81.0 Å². The van der Waals surface area contributed by atoms with E-state index in [1.54, 1.807) is 24.3 Å². The SMILES string of the molecule is COc1ccc(/C=C2/SC(=O)N(CC(=O)NN3CC[NH+](C)CC3)C2=O)cc1OC. The van der Waals surface area contributed by atoms with Crippen LogP contribution >= 0.6 is 11.8 Å². The Kier molecular flexibility index (Phi) is 6.78. The molecule has 0 saturated carbocycles. The Morgan fingerprint density at radius 3 is 2.55 bits per heavy atom. The van der Waals surface area contributed by atoms with E-state index in [-0.39, 0.29) is 17.4 Å². The van der Waals surface area contributed by atoms with E-state index in [4.69, 9.17) is 9.47 Å². The summed E-state index contributed by atoms with van der Waals surface area (Å²) < 4.78 is 10.5. The zero-order valence-corrected chi connectivity index (χ0v) is 17.5. The van der Waals surface area contributed by atoms with E-state index in [1.165, 1.54) is 19.1 Å². The lowest BCUT2D eigenvalue weighted by Gasteiger charge is -2.30. The first-order valence-electron chi connectivity index (χ1n) is 9.24. The van der Waals surface area contributed by atoms with Crippen LogP contribution in [0.25, 0.3) is 6.08 Å². The number of ether oxygens (including phenoxy) is 2. The Labute approximate surface area is 173 Å². The quantitative estimate of drug-likeness (QED) is 0.604. The summed E-state index contributed by atoms with van der Waals surface area (Å²) in [6.45, 7) is 3.02. The minimum absolute atomic E-state index is 0.262. The van der Waals surface area contributed by atoms with E-state index in [0.717, 1.165) is 42.8 Å². The molecular formula is C19H25N4O5S+. The van der Waals surface area contributed by atoms with Gasteiger partial charge in [0, 0.05) is 0 Å². The number of hydrogen-bond donors (Lipinski definition) is 2. The average Bonchev–Trinajstić information content (AvgIpc) is 2.97. The van der Waals surface area contributed by atoms with Crippen molar-refractivity contribution in [2.45, 2.75) is 0 Å². The number of carbonyl (C=O) groups excluding carboxylic acids is 3. The van der Waals surface area contributed by atoms with Crippen LogP contribution in [0.3, 0.4) is 0 Å². The van der Waals surface area contributed by atoms with Gasteiger partial charge in [0.1, 0.15) is 6.54 Å². The molecule has 1 aromatic rings. The second-order valence-corrected chi connectivity index (χ2v) is 7.85. The van der Waals surface area contributed by atoms with Gasteiger partial charge in [0.2, 0.25) is 0 Å². The van der Waals surface area contributed by atoms with Crippen LogP contribution in [0.4, 0.5) is 4.79 Å². The van der Waals surface area contributed by atoms with Crippen molar-refractivity contribution >= 4 is 34.9 Å². The van der Waals surface area contributed by atoms with Gasteiger partial charge in [0.15, 0.2) is 11.5 Å². The highest BCUT2D eigenvalue weighted by Gasteiger charge is 2.36. The van der Waals surface area contributed by atoms with Crippen LogP contribution in [0.15, 0.2) is 23.1 Å². The Morgan fingerprint density at radius 2 is 1.90 bits per heavy atom. The standard InChI is InChI=1S/C19H24N4O5S/c1-21-6-8-22(9-7-21)20-17(24)12-23-18(25)16(29-19(23)26)11-13-4-5-14(27-2)15(10-13)28-3/h4-5,10-11H,6-9,12H2,1-3H3,(H,20,24)/p+1/b16-11+. The van der Waals surface area contributed by atoms with E-state index in [2.05, 4.69) is 12.5 Å². The zero-order chi connectivity index (χ0) is 21.0. The van der Waals surface area contributed by atoms with Crippen molar-refractivity contribution in [3.8, 4) is 11.5 Å². The number of likely N-dealkylation sites (N-methyl/N-ethyl adjacent to an activating group) is 1. The molecule has 156 valence electrons. The fourth-order valence-corrected chi connectivity index (χ4v) is 3.92. The van der Waals surface area contributed by atoms with Crippen molar-refractivity contribution < 1.29 is 28.8 Å². The third kappa shape index (κ3) is 5.08. The molecule has 3 rings (SSSR count). The van der Waals surface area contributed by atoms with Crippen LogP contribution in [0, 0.1) is 0 Å². The van der Waals surface area contributed by atoms with Gasteiger partial charge in [-0.25, -0.2) is 5.01 Å². The molecule has 0 bridgehead atoms. The molecule has 0 aliphatic carbocycles. The van der Waals surface area contributed by atoms with Gasteiger partial charge >= 0.3 is 0 Å². The lowest BCUT2D eigenvalue weighted by atomic mass is 10.2. The fraction of sp³-hybridized carbons (Fsp3) is 0.421. The number of methoxy groups -OCH3 is 2. The number of benzene rings is 1. The summed E-state index contributed by atoms with van der Waals surface area (Å²) in [6.07, 6.45) is 1.61. The molecule has 29 heavy (non-hydrogen) atoms. The summed E-state index contributed by atoms with van der Waals surface area (Å²) in [4.78, 5) is 39.8.